The van der Waals surface area contributed by atoms with Crippen molar-refractivity contribution in [3.05, 3.63) is 79.9 Å². The molecule has 1 atom stereocenters. The summed E-state index contributed by atoms with van der Waals surface area (Å²) in [5, 5.41) is 24.4. The number of hydrogen-bond acceptors (Lipinski definition) is 5. The van der Waals surface area contributed by atoms with Gasteiger partial charge in [0.1, 0.15) is 11.7 Å². The number of aliphatic hydroxyl groups is 1. The molecule has 11 heteroatoms. The second kappa shape index (κ2) is 8.37. The van der Waals surface area contributed by atoms with Crippen molar-refractivity contribution in [3.8, 4) is 5.88 Å². The van der Waals surface area contributed by atoms with E-state index < -0.39 is 40.8 Å². The lowest BCUT2D eigenvalue weighted by atomic mass is 9.41. The lowest BCUT2D eigenvalue weighted by molar-refractivity contribution is -0.256. The van der Waals surface area contributed by atoms with Crippen LogP contribution < -0.4 is 11.0 Å². The zero-order chi connectivity index (χ0) is 27.0. The van der Waals surface area contributed by atoms with Gasteiger partial charge in [0.15, 0.2) is 11.6 Å². The molecule has 0 saturated heterocycles. The fourth-order valence-corrected chi connectivity index (χ4v) is 6.10. The number of aromatic hydroxyl groups is 1. The first kappa shape index (κ1) is 24.6. The maximum absolute atomic E-state index is 14.2. The van der Waals surface area contributed by atoms with Crippen molar-refractivity contribution in [2.24, 2.45) is 10.4 Å². The van der Waals surface area contributed by atoms with E-state index in [-0.39, 0.29) is 23.2 Å². The van der Waals surface area contributed by atoms with E-state index >= 15 is 0 Å². The summed E-state index contributed by atoms with van der Waals surface area (Å²) in [6.45, 7) is 2.08. The molecule has 8 nitrogen and oxygen atoms in total. The first-order valence-electron chi connectivity index (χ1n) is 12.0. The predicted molar refractivity (Wildman–Crippen MR) is 138 cm³/mol. The highest BCUT2D eigenvalue weighted by atomic mass is 35.5. The van der Waals surface area contributed by atoms with Crippen molar-refractivity contribution in [2.75, 3.05) is 6.54 Å². The first-order valence-corrected chi connectivity index (χ1v) is 12.4. The summed E-state index contributed by atoms with van der Waals surface area (Å²) in [7, 11) is 0. The van der Waals surface area contributed by atoms with Crippen molar-refractivity contribution in [2.45, 2.75) is 37.8 Å². The number of benzene rings is 2. The average Bonchev–Trinajstić information content (AvgIpc) is 3.36. The van der Waals surface area contributed by atoms with E-state index in [0.29, 0.717) is 35.5 Å². The molecule has 4 aliphatic rings. The normalized spacial score (nSPS) is 24.6. The van der Waals surface area contributed by atoms with Gasteiger partial charge in [0.25, 0.3) is 0 Å². The molecule has 196 valence electrons. The van der Waals surface area contributed by atoms with Crippen molar-refractivity contribution in [1.82, 2.24) is 14.9 Å². The standard InChI is InChI=1S/C27H23ClF2N4O4/c1-13-17(28)4-3-16-15(8-31-21(13)16)7-20-24(36)34(25(37)33-20)22(14-2-5-18(29)19(30)6-14)23(35)32-12-26-9-27(38,10-26)11-26/h2-8,22,36,38H,9-12H2,1H3,(H,32,35)(H,33,37)/b15-7+. The molecule has 3 aromatic rings. The molecule has 2 aromatic carbocycles. The lowest BCUT2D eigenvalue weighted by Gasteiger charge is -2.67. The number of allylic oxidation sites excluding steroid dienone is 1. The minimum atomic E-state index is -1.48. The van der Waals surface area contributed by atoms with Crippen LogP contribution in [0.25, 0.3) is 11.6 Å². The van der Waals surface area contributed by atoms with E-state index in [1.54, 1.807) is 18.3 Å². The van der Waals surface area contributed by atoms with Crippen LogP contribution in [-0.4, -0.2) is 44.0 Å². The van der Waals surface area contributed by atoms with Gasteiger partial charge in [-0.3, -0.25) is 9.79 Å². The highest BCUT2D eigenvalue weighted by molar-refractivity contribution is 6.32. The summed E-state index contributed by atoms with van der Waals surface area (Å²) in [6.07, 6.45) is 4.78. The Morgan fingerprint density at radius 1 is 1.26 bits per heavy atom. The monoisotopic (exact) mass is 540 g/mol. The average molecular weight is 541 g/mol. The molecule has 1 aliphatic heterocycles. The van der Waals surface area contributed by atoms with E-state index in [1.165, 1.54) is 12.1 Å². The van der Waals surface area contributed by atoms with Crippen LogP contribution in [0.15, 0.2) is 40.1 Å². The van der Waals surface area contributed by atoms with Crippen LogP contribution in [0.1, 0.15) is 47.7 Å². The van der Waals surface area contributed by atoms with Crippen LogP contribution in [0.4, 0.5) is 14.5 Å². The van der Waals surface area contributed by atoms with E-state index in [4.69, 9.17) is 11.6 Å². The number of hydrogen-bond donors (Lipinski definition) is 4. The SMILES string of the molecule is Cc1c(Cl)ccc2c1N=C/C2=C\c1[nH]c(=O)n(C(C(=O)NCC23CC(O)(C2)C3)c2ccc(F)c(F)c2)c1O. The van der Waals surface area contributed by atoms with Crippen LogP contribution in [0.5, 0.6) is 5.88 Å². The topological polar surface area (TPSA) is 120 Å². The van der Waals surface area contributed by atoms with E-state index in [2.05, 4.69) is 15.3 Å². The number of halogens is 3. The molecular formula is C27H23ClF2N4O4. The quantitative estimate of drug-likeness (QED) is 0.378. The molecule has 3 saturated carbocycles. The van der Waals surface area contributed by atoms with Gasteiger partial charge in [-0.25, -0.2) is 18.1 Å². The number of H-pyrrole nitrogens is 1. The van der Waals surface area contributed by atoms with Crippen LogP contribution in [0.2, 0.25) is 5.02 Å². The van der Waals surface area contributed by atoms with Crippen LogP contribution in [-0.2, 0) is 4.79 Å². The summed E-state index contributed by atoms with van der Waals surface area (Å²) in [5.74, 6) is -3.54. The minimum absolute atomic E-state index is 0.0129. The van der Waals surface area contributed by atoms with Gasteiger partial charge in [0, 0.05) is 28.9 Å². The van der Waals surface area contributed by atoms with Crippen molar-refractivity contribution in [1.29, 1.82) is 0 Å². The van der Waals surface area contributed by atoms with Gasteiger partial charge in [-0.15, -0.1) is 0 Å². The van der Waals surface area contributed by atoms with Gasteiger partial charge >= 0.3 is 5.69 Å². The summed E-state index contributed by atoms with van der Waals surface area (Å²) in [4.78, 5) is 33.4. The van der Waals surface area contributed by atoms with Crippen LogP contribution >= 0.6 is 11.6 Å². The van der Waals surface area contributed by atoms with Gasteiger partial charge < -0.3 is 20.5 Å². The fourth-order valence-electron chi connectivity index (χ4n) is 5.94. The molecule has 1 unspecified atom stereocenters. The second-order valence-corrected chi connectivity index (χ2v) is 10.9. The second-order valence-electron chi connectivity index (χ2n) is 10.5. The summed E-state index contributed by atoms with van der Waals surface area (Å²) in [6, 6.07) is 4.89. The Bertz CT molecular complexity index is 1620. The maximum atomic E-state index is 14.2. The number of carbonyl (C=O) groups is 1. The smallest absolute Gasteiger partial charge is 0.329 e. The van der Waals surface area contributed by atoms with Crippen LogP contribution in [0.3, 0.4) is 0 Å². The van der Waals surface area contributed by atoms with Gasteiger partial charge in [-0.05, 0) is 67.0 Å². The Balaban J connectivity index is 1.37. The molecule has 3 fully saturated rings. The number of nitrogens with zero attached hydrogens (tertiary/aromatic N) is 2. The number of nitrogens with one attached hydrogen (secondary N) is 2. The number of aromatic nitrogens is 2. The zero-order valence-corrected chi connectivity index (χ0v) is 20.9. The molecule has 38 heavy (non-hydrogen) atoms. The Morgan fingerprint density at radius 3 is 2.68 bits per heavy atom. The largest absolute Gasteiger partial charge is 0.493 e. The number of aromatic amines is 1. The van der Waals surface area contributed by atoms with Gasteiger partial charge in [0.2, 0.25) is 11.8 Å². The third-order valence-corrected chi connectivity index (χ3v) is 8.16. The lowest BCUT2D eigenvalue weighted by Crippen LogP contribution is -2.70. The molecular weight excluding hydrogens is 518 g/mol. The summed E-state index contributed by atoms with van der Waals surface area (Å²) < 4.78 is 28.6. The molecule has 4 N–H and O–H groups in total. The number of aliphatic imine (C=N–C) groups is 1. The number of fused-ring (bicyclic) bond motifs is 1. The third kappa shape index (κ3) is 3.78. The molecule has 1 amide bonds. The van der Waals surface area contributed by atoms with Crippen molar-refractivity contribution >= 4 is 41.1 Å². The molecule has 1 aromatic heterocycles. The van der Waals surface area contributed by atoms with Gasteiger partial charge in [0.05, 0.1) is 11.3 Å². The third-order valence-electron chi connectivity index (χ3n) is 7.75. The Kier molecular flexibility index (Phi) is 5.41. The van der Waals surface area contributed by atoms with Crippen molar-refractivity contribution in [3.63, 3.8) is 0 Å². The van der Waals surface area contributed by atoms with Crippen molar-refractivity contribution < 1.29 is 23.8 Å². The van der Waals surface area contributed by atoms with E-state index in [0.717, 1.165) is 27.8 Å². The number of imidazole rings is 1. The predicted octanol–water partition coefficient (Wildman–Crippen LogP) is 4.00. The van der Waals surface area contributed by atoms with Gasteiger partial charge in [-0.2, -0.15) is 0 Å². The van der Waals surface area contributed by atoms with E-state index in [1.807, 2.05) is 6.92 Å². The first-order chi connectivity index (χ1) is 18.0. The minimum Gasteiger partial charge on any atom is -0.493 e. The number of carbonyl (C=O) groups excluding carboxylic acids is 1. The number of amides is 1. The molecule has 7 rings (SSSR count). The Morgan fingerprint density at radius 2 is 2.00 bits per heavy atom. The maximum Gasteiger partial charge on any atom is 0.329 e. The summed E-state index contributed by atoms with van der Waals surface area (Å²) >= 11 is 6.18. The molecule has 2 heterocycles. The molecule has 0 radical (unpaired) electrons. The molecule has 2 bridgehead atoms. The number of rotatable bonds is 6. The Hall–Kier alpha value is -3.76. The molecule has 0 spiro atoms. The van der Waals surface area contributed by atoms with Crippen LogP contribution in [0, 0.1) is 24.0 Å². The zero-order valence-electron chi connectivity index (χ0n) is 20.2. The fraction of sp³-hybridized carbons (Fsp3) is 0.296. The summed E-state index contributed by atoms with van der Waals surface area (Å²) in [5.41, 5.74) is 1.10. The van der Waals surface area contributed by atoms with E-state index in [9.17, 15) is 28.6 Å². The highest BCUT2D eigenvalue weighted by Gasteiger charge is 2.67. The highest BCUT2D eigenvalue weighted by Crippen LogP contribution is 2.66. The molecule has 3 aliphatic carbocycles. The van der Waals surface area contributed by atoms with Gasteiger partial charge in [-0.1, -0.05) is 23.7 Å². The Labute approximate surface area is 220 Å².